The minimum Gasteiger partial charge on any atom is -0.466 e. The van der Waals surface area contributed by atoms with Crippen molar-refractivity contribution in [2.45, 2.75) is 32.3 Å². The summed E-state index contributed by atoms with van der Waals surface area (Å²) in [7, 11) is 0. The standard InChI is InChI=1S/C23H32N4O3.HI/c1-3-24-22(26-17-23(2,29)20-10-7-13-30-20)25-15-19-14-21(28)27(16-19)12-11-18-8-5-4-6-9-18;/h4-10,13,19,29H,3,11-12,14-17H2,1-2H3,(H2,24,25,26);1H. The fourth-order valence-electron chi connectivity index (χ4n) is 3.59. The van der Waals surface area contributed by atoms with E-state index in [0.717, 1.165) is 19.5 Å². The Morgan fingerprint density at radius 2 is 2.03 bits per heavy atom. The number of benzene rings is 1. The van der Waals surface area contributed by atoms with Crippen molar-refractivity contribution in [3.8, 4) is 0 Å². The summed E-state index contributed by atoms with van der Waals surface area (Å²) < 4.78 is 5.31. The van der Waals surface area contributed by atoms with Crippen LogP contribution in [0.4, 0.5) is 0 Å². The molecule has 1 aromatic heterocycles. The summed E-state index contributed by atoms with van der Waals surface area (Å²) in [6, 6.07) is 13.7. The molecule has 2 aromatic rings. The summed E-state index contributed by atoms with van der Waals surface area (Å²) in [4.78, 5) is 18.8. The minimum absolute atomic E-state index is 0. The summed E-state index contributed by atoms with van der Waals surface area (Å²) in [5.74, 6) is 1.56. The second-order valence-electron chi connectivity index (χ2n) is 7.97. The molecule has 0 radical (unpaired) electrons. The molecule has 1 aliphatic heterocycles. The van der Waals surface area contributed by atoms with Crippen molar-refractivity contribution in [3.63, 3.8) is 0 Å². The summed E-state index contributed by atoms with van der Waals surface area (Å²) in [6.07, 6.45) is 2.96. The number of nitrogens with one attached hydrogen (secondary N) is 2. The number of aliphatic hydroxyl groups is 1. The van der Waals surface area contributed by atoms with Gasteiger partial charge in [-0.1, -0.05) is 30.3 Å². The number of likely N-dealkylation sites (tertiary alicyclic amines) is 1. The quantitative estimate of drug-likeness (QED) is 0.259. The first kappa shape index (κ1) is 25.2. The van der Waals surface area contributed by atoms with Gasteiger partial charge in [0.15, 0.2) is 5.96 Å². The Balaban J connectivity index is 0.00000341. The van der Waals surface area contributed by atoms with Crippen molar-refractivity contribution in [1.82, 2.24) is 15.5 Å². The van der Waals surface area contributed by atoms with Crippen LogP contribution >= 0.6 is 24.0 Å². The fraction of sp³-hybridized carbons (Fsp3) is 0.478. The molecule has 3 N–H and O–H groups in total. The molecular weight excluding hydrogens is 507 g/mol. The van der Waals surface area contributed by atoms with Crippen molar-refractivity contribution in [2.24, 2.45) is 10.9 Å². The van der Waals surface area contributed by atoms with E-state index < -0.39 is 5.60 Å². The van der Waals surface area contributed by atoms with Crippen LogP contribution in [0.2, 0.25) is 0 Å². The first-order valence-electron chi connectivity index (χ1n) is 10.6. The van der Waals surface area contributed by atoms with Gasteiger partial charge >= 0.3 is 0 Å². The highest BCUT2D eigenvalue weighted by atomic mass is 127. The van der Waals surface area contributed by atoms with Gasteiger partial charge in [-0.15, -0.1) is 24.0 Å². The van der Waals surface area contributed by atoms with Crippen molar-refractivity contribution < 1.29 is 14.3 Å². The molecule has 0 saturated carbocycles. The summed E-state index contributed by atoms with van der Waals surface area (Å²) in [6.45, 7) is 6.71. The topological polar surface area (TPSA) is 90.1 Å². The van der Waals surface area contributed by atoms with E-state index in [4.69, 9.17) is 4.42 Å². The van der Waals surface area contributed by atoms with Gasteiger partial charge in [0.25, 0.3) is 0 Å². The summed E-state index contributed by atoms with van der Waals surface area (Å²) >= 11 is 0. The van der Waals surface area contributed by atoms with Gasteiger partial charge in [-0.2, -0.15) is 0 Å². The Kier molecular flexibility index (Phi) is 9.83. The number of furan rings is 1. The molecule has 170 valence electrons. The largest absolute Gasteiger partial charge is 0.466 e. The molecule has 1 aromatic carbocycles. The predicted molar refractivity (Wildman–Crippen MR) is 133 cm³/mol. The average molecular weight is 540 g/mol. The van der Waals surface area contributed by atoms with Crippen LogP contribution in [0, 0.1) is 5.92 Å². The van der Waals surface area contributed by atoms with Crippen LogP contribution in [0.3, 0.4) is 0 Å². The van der Waals surface area contributed by atoms with Crippen LogP contribution in [0.1, 0.15) is 31.6 Å². The van der Waals surface area contributed by atoms with E-state index in [1.54, 1.807) is 19.1 Å². The molecule has 8 heteroatoms. The zero-order valence-electron chi connectivity index (χ0n) is 18.2. The van der Waals surface area contributed by atoms with Crippen molar-refractivity contribution >= 4 is 35.8 Å². The second kappa shape index (κ2) is 12.1. The number of guanidine groups is 1. The Bertz CT molecular complexity index is 825. The van der Waals surface area contributed by atoms with E-state index in [0.29, 0.717) is 31.2 Å². The van der Waals surface area contributed by atoms with E-state index in [1.807, 2.05) is 30.0 Å². The lowest BCUT2D eigenvalue weighted by Crippen LogP contribution is -2.41. The highest BCUT2D eigenvalue weighted by Gasteiger charge is 2.29. The first-order chi connectivity index (χ1) is 14.5. The van der Waals surface area contributed by atoms with Crippen molar-refractivity contribution in [2.75, 3.05) is 32.7 Å². The smallest absolute Gasteiger partial charge is 0.223 e. The van der Waals surface area contributed by atoms with Crippen LogP contribution in [0.15, 0.2) is 58.1 Å². The third kappa shape index (κ3) is 7.53. The van der Waals surface area contributed by atoms with Crippen LogP contribution < -0.4 is 10.6 Å². The van der Waals surface area contributed by atoms with E-state index in [2.05, 4.69) is 27.8 Å². The molecule has 2 unspecified atom stereocenters. The Morgan fingerprint density at radius 3 is 2.71 bits per heavy atom. The number of hydrogen-bond donors (Lipinski definition) is 3. The molecule has 0 spiro atoms. The number of rotatable bonds is 9. The fourth-order valence-corrected chi connectivity index (χ4v) is 3.59. The number of carbonyl (C=O) groups excluding carboxylic acids is 1. The van der Waals surface area contributed by atoms with Crippen LogP contribution in [-0.4, -0.2) is 54.6 Å². The number of hydrogen-bond acceptors (Lipinski definition) is 4. The monoisotopic (exact) mass is 540 g/mol. The number of halogens is 1. The maximum absolute atomic E-state index is 12.4. The zero-order chi connectivity index (χ0) is 21.4. The Morgan fingerprint density at radius 1 is 1.26 bits per heavy atom. The van der Waals surface area contributed by atoms with Gasteiger partial charge < -0.3 is 25.1 Å². The lowest BCUT2D eigenvalue weighted by atomic mass is 10.0. The number of nitrogens with zero attached hydrogens (tertiary/aromatic N) is 2. The lowest BCUT2D eigenvalue weighted by molar-refractivity contribution is -0.127. The van der Waals surface area contributed by atoms with Gasteiger partial charge in [0.05, 0.1) is 12.8 Å². The van der Waals surface area contributed by atoms with Crippen molar-refractivity contribution in [1.29, 1.82) is 0 Å². The molecule has 1 amide bonds. The highest BCUT2D eigenvalue weighted by Crippen LogP contribution is 2.21. The van der Waals surface area contributed by atoms with Gasteiger partial charge in [-0.25, -0.2) is 4.99 Å². The second-order valence-corrected chi connectivity index (χ2v) is 7.97. The van der Waals surface area contributed by atoms with Gasteiger partial charge in [-0.05, 0) is 38.0 Å². The molecule has 3 rings (SSSR count). The predicted octanol–water partition coefficient (Wildman–Crippen LogP) is 2.75. The van der Waals surface area contributed by atoms with Crippen LogP contribution in [0.5, 0.6) is 0 Å². The van der Waals surface area contributed by atoms with E-state index >= 15 is 0 Å². The third-order valence-corrected chi connectivity index (χ3v) is 5.31. The first-order valence-corrected chi connectivity index (χ1v) is 10.6. The van der Waals surface area contributed by atoms with E-state index in [9.17, 15) is 9.90 Å². The number of carbonyl (C=O) groups is 1. The highest BCUT2D eigenvalue weighted by molar-refractivity contribution is 14.0. The average Bonchev–Trinajstić information content (AvgIpc) is 3.40. The SMILES string of the molecule is CCNC(=NCC(C)(O)c1ccco1)NCC1CC(=O)N(CCc2ccccc2)C1.I. The molecule has 1 fully saturated rings. The molecule has 1 saturated heterocycles. The molecule has 1 aliphatic rings. The molecule has 7 nitrogen and oxygen atoms in total. The molecule has 31 heavy (non-hydrogen) atoms. The number of aliphatic imine (C=N–C) groups is 1. The maximum atomic E-state index is 12.4. The van der Waals surface area contributed by atoms with E-state index in [-0.39, 0.29) is 42.3 Å². The third-order valence-electron chi connectivity index (χ3n) is 5.31. The molecular formula is C23H33IN4O3. The summed E-state index contributed by atoms with van der Waals surface area (Å²) in [5, 5.41) is 17.1. The molecule has 2 heterocycles. The maximum Gasteiger partial charge on any atom is 0.223 e. The molecule has 2 atom stereocenters. The number of amides is 1. The summed E-state index contributed by atoms with van der Waals surface area (Å²) in [5.41, 5.74) is 0.0701. The minimum atomic E-state index is -1.18. The van der Waals surface area contributed by atoms with Gasteiger partial charge in [-0.3, -0.25) is 4.79 Å². The van der Waals surface area contributed by atoms with Crippen LogP contribution in [0.25, 0.3) is 0 Å². The Hall–Kier alpha value is -2.07. The molecule has 0 aliphatic carbocycles. The lowest BCUT2D eigenvalue weighted by Gasteiger charge is -2.20. The Labute approximate surface area is 201 Å². The van der Waals surface area contributed by atoms with Gasteiger partial charge in [0.2, 0.25) is 5.91 Å². The van der Waals surface area contributed by atoms with Gasteiger partial charge in [0.1, 0.15) is 11.4 Å². The van der Waals surface area contributed by atoms with Crippen LogP contribution in [-0.2, 0) is 16.8 Å². The van der Waals surface area contributed by atoms with Gasteiger partial charge in [0, 0.05) is 38.5 Å². The normalized spacial score (nSPS) is 18.4. The molecule has 0 bridgehead atoms. The van der Waals surface area contributed by atoms with Crippen molar-refractivity contribution in [3.05, 3.63) is 60.1 Å². The van der Waals surface area contributed by atoms with E-state index in [1.165, 1.54) is 11.8 Å². The zero-order valence-corrected chi connectivity index (χ0v) is 20.5.